The van der Waals surface area contributed by atoms with Crippen molar-refractivity contribution in [3.63, 3.8) is 0 Å². The number of hydrogen-bond donors (Lipinski definition) is 1. The largest absolute Gasteiger partial charge is 0.348 e. The van der Waals surface area contributed by atoms with E-state index in [0.717, 1.165) is 16.6 Å². The van der Waals surface area contributed by atoms with Gasteiger partial charge in [0.1, 0.15) is 5.38 Å². The number of carbonyl (C=O) groups is 1. The van der Waals surface area contributed by atoms with Crippen LogP contribution in [0.3, 0.4) is 0 Å². The van der Waals surface area contributed by atoms with Crippen LogP contribution in [0.5, 0.6) is 0 Å². The van der Waals surface area contributed by atoms with E-state index in [9.17, 15) is 4.79 Å². The molecule has 0 saturated carbocycles. The van der Waals surface area contributed by atoms with E-state index in [1.165, 1.54) is 16.7 Å². The van der Waals surface area contributed by atoms with Crippen molar-refractivity contribution in [2.75, 3.05) is 0 Å². The summed E-state index contributed by atoms with van der Waals surface area (Å²) in [5.74, 6) is 1.23. The Bertz CT molecular complexity index is 953. The number of halogens is 1. The minimum absolute atomic E-state index is 0.228. The van der Waals surface area contributed by atoms with Gasteiger partial charge < -0.3 is 5.32 Å². The van der Waals surface area contributed by atoms with Crippen molar-refractivity contribution in [1.29, 1.82) is 0 Å². The van der Waals surface area contributed by atoms with Gasteiger partial charge in [-0.15, -0.1) is 21.8 Å². The maximum atomic E-state index is 11.9. The molecular formula is C21H23ClN4OS. The number of aromatic nitrogens is 3. The summed E-state index contributed by atoms with van der Waals surface area (Å²) in [7, 11) is 0. The molecule has 0 aliphatic rings. The van der Waals surface area contributed by atoms with Crippen molar-refractivity contribution >= 4 is 29.3 Å². The molecule has 1 heterocycles. The van der Waals surface area contributed by atoms with Crippen LogP contribution in [0.15, 0.2) is 53.7 Å². The fourth-order valence-electron chi connectivity index (χ4n) is 2.72. The molecule has 3 aromatic rings. The lowest BCUT2D eigenvalue weighted by Gasteiger charge is -2.12. The molecular weight excluding hydrogens is 392 g/mol. The fourth-order valence-corrected chi connectivity index (χ4v) is 3.71. The fraction of sp³-hybridized carbons (Fsp3) is 0.286. The Balaban J connectivity index is 1.86. The van der Waals surface area contributed by atoms with E-state index in [1.807, 2.05) is 35.8 Å². The van der Waals surface area contributed by atoms with E-state index in [0.29, 0.717) is 5.82 Å². The van der Waals surface area contributed by atoms with E-state index in [4.69, 9.17) is 11.6 Å². The maximum Gasteiger partial charge on any atom is 0.238 e. The second kappa shape index (κ2) is 9.26. The molecule has 0 aliphatic heterocycles. The molecule has 0 bridgehead atoms. The minimum atomic E-state index is -0.592. The monoisotopic (exact) mass is 414 g/mol. The molecule has 0 radical (unpaired) electrons. The Kier molecular flexibility index (Phi) is 6.75. The highest BCUT2D eigenvalue weighted by atomic mass is 35.5. The quantitative estimate of drug-likeness (QED) is 0.459. The second-order valence-electron chi connectivity index (χ2n) is 6.68. The lowest BCUT2D eigenvalue weighted by atomic mass is 10.2. The summed E-state index contributed by atoms with van der Waals surface area (Å²) in [5.41, 5.74) is 4.60. The lowest BCUT2D eigenvalue weighted by Crippen LogP contribution is -2.30. The van der Waals surface area contributed by atoms with Crippen molar-refractivity contribution < 1.29 is 4.79 Å². The molecule has 0 fully saturated rings. The summed E-state index contributed by atoms with van der Waals surface area (Å²) < 4.78 is 1.99. The number of benzene rings is 2. The van der Waals surface area contributed by atoms with Gasteiger partial charge in [-0.1, -0.05) is 59.3 Å². The minimum Gasteiger partial charge on any atom is -0.348 e. The van der Waals surface area contributed by atoms with Crippen LogP contribution < -0.4 is 5.32 Å². The summed E-state index contributed by atoms with van der Waals surface area (Å²) >= 11 is 7.47. The zero-order valence-corrected chi connectivity index (χ0v) is 17.7. The first-order valence-corrected chi connectivity index (χ1v) is 10.5. The Morgan fingerprint density at radius 1 is 1.14 bits per heavy atom. The maximum absolute atomic E-state index is 11.9. The van der Waals surface area contributed by atoms with Crippen molar-refractivity contribution in [3.8, 4) is 5.69 Å². The summed E-state index contributed by atoms with van der Waals surface area (Å²) in [4.78, 5) is 11.9. The molecule has 1 N–H and O–H groups in total. The Hall–Kier alpha value is -2.31. The molecule has 3 rings (SSSR count). The average Bonchev–Trinajstić information content (AvgIpc) is 3.08. The predicted octanol–water partition coefficient (Wildman–Crippen LogP) is 4.42. The van der Waals surface area contributed by atoms with Crippen LogP contribution in [0.2, 0.25) is 0 Å². The number of thioether (sulfide) groups is 1. The van der Waals surface area contributed by atoms with Gasteiger partial charge in [-0.3, -0.25) is 9.36 Å². The van der Waals surface area contributed by atoms with Crippen molar-refractivity contribution in [2.45, 2.75) is 43.6 Å². The third kappa shape index (κ3) is 5.14. The van der Waals surface area contributed by atoms with Gasteiger partial charge in [-0.25, -0.2) is 0 Å². The van der Waals surface area contributed by atoms with Gasteiger partial charge in [0.05, 0.1) is 6.54 Å². The molecule has 0 aliphatic carbocycles. The molecule has 1 amide bonds. The standard InChI is InChI=1S/C21H23ClN4OS/c1-14-7-9-18(10-8-14)26-19(12-23-20(27)16(3)22)24-25-21(26)28-13-17-6-4-5-15(2)11-17/h4-11,16H,12-13H2,1-3H3,(H,23,27). The van der Waals surface area contributed by atoms with Crippen LogP contribution in [-0.2, 0) is 17.1 Å². The van der Waals surface area contributed by atoms with Crippen molar-refractivity contribution in [3.05, 3.63) is 71.0 Å². The number of hydrogen-bond acceptors (Lipinski definition) is 4. The molecule has 1 atom stereocenters. The van der Waals surface area contributed by atoms with Crippen molar-refractivity contribution in [1.82, 2.24) is 20.1 Å². The number of carbonyl (C=O) groups excluding carboxylic acids is 1. The molecule has 2 aromatic carbocycles. The molecule has 5 nitrogen and oxygen atoms in total. The zero-order chi connectivity index (χ0) is 20.1. The van der Waals surface area contributed by atoms with Gasteiger partial charge >= 0.3 is 0 Å². The van der Waals surface area contributed by atoms with E-state index in [1.54, 1.807) is 18.7 Å². The van der Waals surface area contributed by atoms with Gasteiger partial charge in [0.25, 0.3) is 0 Å². The van der Waals surface area contributed by atoms with Gasteiger partial charge in [0, 0.05) is 11.4 Å². The van der Waals surface area contributed by atoms with Crippen LogP contribution in [0.1, 0.15) is 29.4 Å². The van der Waals surface area contributed by atoms with E-state index < -0.39 is 5.38 Å². The average molecular weight is 415 g/mol. The molecule has 7 heteroatoms. The number of alkyl halides is 1. The molecule has 1 aromatic heterocycles. The van der Waals surface area contributed by atoms with Crippen molar-refractivity contribution in [2.24, 2.45) is 0 Å². The van der Waals surface area contributed by atoms with Crippen LogP contribution in [-0.4, -0.2) is 26.0 Å². The predicted molar refractivity (Wildman–Crippen MR) is 114 cm³/mol. The lowest BCUT2D eigenvalue weighted by molar-refractivity contribution is -0.120. The van der Waals surface area contributed by atoms with Gasteiger partial charge in [-0.2, -0.15) is 0 Å². The first-order chi connectivity index (χ1) is 13.4. The molecule has 0 spiro atoms. The SMILES string of the molecule is Cc1ccc(-n2c(CNC(=O)C(C)Cl)nnc2SCc2cccc(C)c2)cc1. The first kappa shape index (κ1) is 20.4. The van der Waals surface area contributed by atoms with Crippen LogP contribution in [0, 0.1) is 13.8 Å². The number of rotatable bonds is 7. The number of nitrogens with zero attached hydrogens (tertiary/aromatic N) is 3. The van der Waals surface area contributed by atoms with Crippen LogP contribution >= 0.6 is 23.4 Å². The van der Waals surface area contributed by atoms with Gasteiger partial charge in [0.2, 0.25) is 5.91 Å². The molecule has 146 valence electrons. The van der Waals surface area contributed by atoms with Crippen LogP contribution in [0.25, 0.3) is 5.69 Å². The topological polar surface area (TPSA) is 59.8 Å². The summed E-state index contributed by atoms with van der Waals surface area (Å²) in [6, 6.07) is 16.6. The molecule has 0 saturated heterocycles. The summed E-state index contributed by atoms with van der Waals surface area (Å²) in [6.45, 7) is 6.04. The first-order valence-electron chi connectivity index (χ1n) is 9.05. The number of amides is 1. The Morgan fingerprint density at radius 3 is 2.57 bits per heavy atom. The molecule has 1 unspecified atom stereocenters. The van der Waals surface area contributed by atoms with Gasteiger partial charge in [0.15, 0.2) is 11.0 Å². The third-order valence-corrected chi connectivity index (χ3v) is 5.42. The second-order valence-corrected chi connectivity index (χ2v) is 8.28. The highest BCUT2D eigenvalue weighted by molar-refractivity contribution is 7.98. The highest BCUT2D eigenvalue weighted by Gasteiger charge is 2.16. The zero-order valence-electron chi connectivity index (χ0n) is 16.1. The number of aryl methyl sites for hydroxylation is 2. The summed E-state index contributed by atoms with van der Waals surface area (Å²) in [5, 5.41) is 11.7. The Morgan fingerprint density at radius 2 is 1.89 bits per heavy atom. The highest BCUT2D eigenvalue weighted by Crippen LogP contribution is 2.26. The van der Waals surface area contributed by atoms with E-state index in [2.05, 4.69) is 46.7 Å². The van der Waals surface area contributed by atoms with E-state index >= 15 is 0 Å². The normalized spacial score (nSPS) is 12.0. The third-order valence-electron chi connectivity index (χ3n) is 4.22. The number of nitrogens with one attached hydrogen (secondary N) is 1. The van der Waals surface area contributed by atoms with E-state index in [-0.39, 0.29) is 12.5 Å². The van der Waals surface area contributed by atoms with Gasteiger partial charge in [-0.05, 0) is 38.5 Å². The Labute approximate surface area is 174 Å². The molecule has 28 heavy (non-hydrogen) atoms. The smallest absolute Gasteiger partial charge is 0.238 e. The van der Waals surface area contributed by atoms with Crippen LogP contribution in [0.4, 0.5) is 0 Å². The summed E-state index contributed by atoms with van der Waals surface area (Å²) in [6.07, 6.45) is 0.